The van der Waals surface area contributed by atoms with Crippen LogP contribution < -0.4 is 53.2 Å². The summed E-state index contributed by atoms with van der Waals surface area (Å²) < 4.78 is 50.5. The molecule has 2 atom stereocenters. The van der Waals surface area contributed by atoms with Gasteiger partial charge in [0, 0.05) is 127 Å². The highest BCUT2D eigenvalue weighted by Gasteiger charge is 2.33. The molecule has 32 nitrogen and oxygen atoms in total. The van der Waals surface area contributed by atoms with Crippen LogP contribution in [0.15, 0.2) is 104 Å². The number of ether oxygens (including phenoxy) is 8. The summed E-state index contributed by atoms with van der Waals surface area (Å²) in [6.07, 6.45) is 6.76. The minimum Gasteiger partial charge on any atom is -0.378 e. The predicted octanol–water partition coefficient (Wildman–Crippen LogP) is 5.29. The van der Waals surface area contributed by atoms with Gasteiger partial charge in [-0.05, 0) is 90.7 Å². The fraction of sp³-hybridized carbons (Fsp3) is 0.437. The largest absolute Gasteiger partial charge is 0.378 e. The van der Waals surface area contributed by atoms with Gasteiger partial charge in [-0.2, -0.15) is 0 Å². The number of imidazole rings is 2. The summed E-state index contributed by atoms with van der Waals surface area (Å²) in [5.74, 6) is -2.78. The van der Waals surface area contributed by atoms with E-state index in [1.807, 2.05) is 53.4 Å². The highest BCUT2D eigenvalue weighted by Crippen LogP contribution is 2.41. The molecular weight excluding hydrogens is 1370 g/mol. The van der Waals surface area contributed by atoms with Crippen molar-refractivity contribution in [3.05, 3.63) is 143 Å². The van der Waals surface area contributed by atoms with Gasteiger partial charge in [0.1, 0.15) is 11.4 Å². The zero-order valence-corrected chi connectivity index (χ0v) is 60.1. The Morgan fingerprint density at radius 1 is 0.471 bits per heavy atom. The van der Waals surface area contributed by atoms with Gasteiger partial charge in [-0.3, -0.25) is 38.4 Å². The molecular formula is C71H93ClN16O16. The molecule has 560 valence electrons. The fourth-order valence-corrected chi connectivity index (χ4v) is 11.1. The van der Waals surface area contributed by atoms with E-state index >= 15 is 0 Å². The van der Waals surface area contributed by atoms with Gasteiger partial charge in [-0.25, -0.2) is 9.97 Å². The number of carbonyl (C=O) groups excluding carboxylic acids is 8. The molecule has 0 saturated carbocycles. The first-order chi connectivity index (χ1) is 50.2. The molecule has 0 radical (unpaired) electrons. The van der Waals surface area contributed by atoms with Crippen LogP contribution in [0.2, 0.25) is 5.02 Å². The van der Waals surface area contributed by atoms with Crippen LogP contribution in [0.4, 0.5) is 34.4 Å². The molecule has 10 N–H and O–H groups in total. The Balaban J connectivity index is 0.564. The number of carbonyl (C=O) groups is 8. The number of benzene rings is 3. The van der Waals surface area contributed by atoms with E-state index in [4.69, 9.17) is 55.2 Å². The molecule has 104 heavy (non-hydrogen) atoms. The molecule has 8 amide bonds. The molecule has 0 bridgehead atoms. The Morgan fingerprint density at radius 2 is 0.894 bits per heavy atom. The van der Waals surface area contributed by atoms with E-state index in [-0.39, 0.29) is 109 Å². The number of aryl methyl sites for hydroxylation is 4. The van der Waals surface area contributed by atoms with Crippen molar-refractivity contribution in [3.8, 4) is 11.1 Å². The van der Waals surface area contributed by atoms with E-state index in [1.165, 1.54) is 44.4 Å². The number of hydrogen-bond acceptors (Lipinski definition) is 20. The number of nitrogens with zero attached hydrogens (tertiary/aromatic N) is 7. The number of anilines is 6. The molecule has 0 fully saturated rings. The van der Waals surface area contributed by atoms with Gasteiger partial charge in [0.25, 0.3) is 29.5 Å². The SMILES string of the molecule is CC(=O)N1c2ccc(-c3ccc(C(=O)NCCOCCOCCOCCOCCOCCOCCOCCOCCNC(=O)c4cc(NC(=O)c5nc(NC(=O)CCNC(=O)c6cc(NC(=O)c7nc(NC(=O)CCN)cn7C)cn6C)cn5C)cn4C)cc3)cc2[C@H](Nc2ccc(Cl)cc2)C[C@@H]1C. The highest BCUT2D eigenvalue weighted by atomic mass is 35.5. The Hall–Kier alpha value is -9.87. The number of rotatable bonds is 44. The third-order valence-electron chi connectivity index (χ3n) is 16.0. The lowest BCUT2D eigenvalue weighted by Gasteiger charge is -2.39. The predicted molar refractivity (Wildman–Crippen MR) is 389 cm³/mol. The Kier molecular flexibility index (Phi) is 31.8. The molecule has 0 saturated heterocycles. The third-order valence-corrected chi connectivity index (χ3v) is 16.3. The Labute approximate surface area is 607 Å². The van der Waals surface area contributed by atoms with Gasteiger partial charge in [-0.1, -0.05) is 29.8 Å². The van der Waals surface area contributed by atoms with Crippen molar-refractivity contribution in [2.75, 3.05) is 163 Å². The number of halogens is 1. The summed E-state index contributed by atoms with van der Waals surface area (Å²) in [5.41, 5.74) is 11.9. The zero-order chi connectivity index (χ0) is 74.3. The number of aromatic nitrogens is 6. The highest BCUT2D eigenvalue weighted by molar-refractivity contribution is 6.30. The molecule has 5 heterocycles. The number of nitrogens with one attached hydrogen (secondary N) is 8. The third kappa shape index (κ3) is 24.9. The molecule has 33 heteroatoms. The van der Waals surface area contributed by atoms with E-state index in [0.717, 1.165) is 34.5 Å². The summed E-state index contributed by atoms with van der Waals surface area (Å²) in [5, 5.41) is 23.3. The first-order valence-electron chi connectivity index (χ1n) is 34.1. The quantitative estimate of drug-likeness (QED) is 0.0219. The van der Waals surface area contributed by atoms with Crippen molar-refractivity contribution in [2.45, 2.75) is 45.2 Å². The number of hydrogen-bond donors (Lipinski definition) is 9. The maximum Gasteiger partial charge on any atom is 0.291 e. The second kappa shape index (κ2) is 41.4. The van der Waals surface area contributed by atoms with Crippen LogP contribution in [0.25, 0.3) is 11.1 Å². The number of amides is 8. The Bertz CT molecular complexity index is 3990. The summed E-state index contributed by atoms with van der Waals surface area (Å²) in [6, 6.07) is 24.1. The van der Waals surface area contributed by atoms with Crippen LogP contribution in [0.3, 0.4) is 0 Å². The lowest BCUT2D eigenvalue weighted by atomic mass is 9.88. The molecule has 4 aromatic heterocycles. The lowest BCUT2D eigenvalue weighted by Crippen LogP contribution is -2.43. The standard InChI is InChI=1S/C71H93ClN16O16/c1-47-39-57(77-53-14-12-52(72)13-15-53)56-40-51(11-16-58(56)88(47)48(2)89)49-7-9-50(10-8-49)67(92)75-21-23-97-25-27-99-29-31-101-33-35-103-37-38-104-36-34-102-32-30-100-28-26-98-24-22-76-69(94)60-42-55(44-85(60)4)79-71(96)66-83-62(46-87(66)6)81-64(91)18-20-74-68(93)59-41-54(43-84(59)3)78-70(95)65-82-61(45-86(65)5)80-63(90)17-19-73/h7-16,40-47,57,77H,17-39,73H2,1-6H3,(H,74,93)(H,75,92)(H,76,94)(H,78,95)(H,79,96)(H,80,90)(H,81,91)/t47-,57+/m0/s1. The number of fused-ring (bicyclic) bond motifs is 1. The van der Waals surface area contributed by atoms with Gasteiger partial charge in [0.15, 0.2) is 11.6 Å². The normalized spacial score (nSPS) is 13.2. The second-order valence-corrected chi connectivity index (χ2v) is 24.5. The van der Waals surface area contributed by atoms with Crippen LogP contribution in [-0.2, 0) is 80.5 Å². The van der Waals surface area contributed by atoms with E-state index in [1.54, 1.807) is 58.0 Å². The van der Waals surface area contributed by atoms with Crippen molar-refractivity contribution in [1.82, 2.24) is 44.2 Å². The Morgan fingerprint density at radius 3 is 1.35 bits per heavy atom. The first kappa shape index (κ1) is 79.8. The average Bonchev–Trinajstić information content (AvgIpc) is 1.07. The molecule has 0 unspecified atom stereocenters. The van der Waals surface area contributed by atoms with E-state index < -0.39 is 23.6 Å². The summed E-state index contributed by atoms with van der Waals surface area (Å²) >= 11 is 6.13. The molecule has 0 aliphatic carbocycles. The average molecular weight is 1460 g/mol. The molecule has 3 aromatic carbocycles. The van der Waals surface area contributed by atoms with Crippen molar-refractivity contribution in [3.63, 3.8) is 0 Å². The van der Waals surface area contributed by atoms with Gasteiger partial charge in [-0.15, -0.1) is 0 Å². The van der Waals surface area contributed by atoms with Crippen LogP contribution >= 0.6 is 11.6 Å². The zero-order valence-electron chi connectivity index (χ0n) is 59.4. The van der Waals surface area contributed by atoms with Crippen molar-refractivity contribution >= 4 is 93.2 Å². The summed E-state index contributed by atoms with van der Waals surface area (Å²) in [4.78, 5) is 113. The van der Waals surface area contributed by atoms with Crippen molar-refractivity contribution in [2.24, 2.45) is 33.9 Å². The molecule has 8 rings (SSSR count). The van der Waals surface area contributed by atoms with Crippen LogP contribution in [0, 0.1) is 0 Å². The molecule has 0 spiro atoms. The van der Waals surface area contributed by atoms with E-state index in [0.29, 0.717) is 128 Å². The lowest BCUT2D eigenvalue weighted by molar-refractivity contribution is -0.117. The van der Waals surface area contributed by atoms with Crippen LogP contribution in [0.5, 0.6) is 0 Å². The smallest absolute Gasteiger partial charge is 0.291 e. The van der Waals surface area contributed by atoms with Gasteiger partial charge in [0.05, 0.1) is 123 Å². The number of nitrogens with two attached hydrogens (primary N) is 1. The van der Waals surface area contributed by atoms with Gasteiger partial charge < -0.3 is 109 Å². The fourth-order valence-electron chi connectivity index (χ4n) is 11.0. The topological polar surface area (TPSA) is 381 Å². The van der Waals surface area contributed by atoms with Crippen molar-refractivity contribution < 1.29 is 76.3 Å². The van der Waals surface area contributed by atoms with Crippen LogP contribution in [-0.4, -0.2) is 213 Å². The van der Waals surface area contributed by atoms with Gasteiger partial charge in [0.2, 0.25) is 29.4 Å². The summed E-state index contributed by atoms with van der Waals surface area (Å²) in [6.45, 7) is 10.4. The molecule has 7 aromatic rings. The van der Waals surface area contributed by atoms with E-state index in [9.17, 15) is 38.4 Å². The second-order valence-electron chi connectivity index (χ2n) is 24.1. The molecule has 1 aliphatic heterocycles. The van der Waals surface area contributed by atoms with E-state index in [2.05, 4.69) is 65.5 Å². The maximum atomic E-state index is 13.3. The first-order valence-corrected chi connectivity index (χ1v) is 34.5. The minimum absolute atomic E-state index is 0.00423. The summed E-state index contributed by atoms with van der Waals surface area (Å²) in [7, 11) is 6.45. The monoisotopic (exact) mass is 1460 g/mol. The molecule has 1 aliphatic rings. The minimum atomic E-state index is -0.593. The van der Waals surface area contributed by atoms with Gasteiger partial charge >= 0.3 is 0 Å². The van der Waals surface area contributed by atoms with Crippen LogP contribution in [0.1, 0.15) is 97.3 Å². The maximum absolute atomic E-state index is 13.3. The van der Waals surface area contributed by atoms with Crippen molar-refractivity contribution in [1.29, 1.82) is 0 Å².